The van der Waals surface area contributed by atoms with E-state index in [-0.39, 0.29) is 23.1 Å². The maximum atomic E-state index is 12.8. The lowest BCUT2D eigenvalue weighted by Crippen LogP contribution is -2.58. The molecule has 5 rings (SSSR count). The van der Waals surface area contributed by atoms with E-state index < -0.39 is 5.60 Å². The van der Waals surface area contributed by atoms with E-state index in [0.29, 0.717) is 47.7 Å². The van der Waals surface area contributed by atoms with Gasteiger partial charge < -0.3 is 4.74 Å². The number of esters is 1. The zero-order valence-corrected chi connectivity index (χ0v) is 17.5. The summed E-state index contributed by atoms with van der Waals surface area (Å²) in [5, 5.41) is 0. The molecule has 4 nitrogen and oxygen atoms in total. The van der Waals surface area contributed by atoms with Crippen molar-refractivity contribution < 1.29 is 19.1 Å². The van der Waals surface area contributed by atoms with Gasteiger partial charge >= 0.3 is 5.97 Å². The number of hydrogen-bond acceptors (Lipinski definition) is 4. The fraction of sp³-hybridized carbons (Fsp3) is 0.792. The molecule has 0 aromatic rings. The molecule has 0 saturated heterocycles. The number of ether oxygens (including phenoxy) is 1. The molecular formula is C24H32O4. The molecule has 152 valence electrons. The lowest BCUT2D eigenvalue weighted by Gasteiger charge is -2.56. The minimum atomic E-state index is -0.946. The number of ketones is 2. The predicted molar refractivity (Wildman–Crippen MR) is 104 cm³/mol. The quantitative estimate of drug-likeness (QED) is 0.672. The summed E-state index contributed by atoms with van der Waals surface area (Å²) in [4.78, 5) is 37.0. The smallest absolute Gasteiger partial charge is 0.303 e. The fourth-order valence-corrected chi connectivity index (χ4v) is 8.30. The summed E-state index contributed by atoms with van der Waals surface area (Å²) in [5.74, 6) is 3.54. The highest BCUT2D eigenvalue weighted by atomic mass is 16.6. The molecule has 0 amide bonds. The molecule has 0 aromatic carbocycles. The molecule has 28 heavy (non-hydrogen) atoms. The van der Waals surface area contributed by atoms with Gasteiger partial charge in [-0.05, 0) is 87.0 Å². The first-order chi connectivity index (χ1) is 13.2. The molecule has 4 saturated carbocycles. The SMILES string of the molecule is CC(=O)O[C@]1(C(C)=O)CC[C@H]2[C@@H]3C[C@H](C)C4=CC(=O)[C@H]5C[C@H]5[C@@H]4[C@H]3CC[C@@]21C. The average Bonchev–Trinajstić information content (AvgIpc) is 3.35. The zero-order chi connectivity index (χ0) is 20.0. The van der Waals surface area contributed by atoms with Crippen LogP contribution in [0, 0.1) is 46.8 Å². The highest BCUT2D eigenvalue weighted by Gasteiger charge is 2.68. The van der Waals surface area contributed by atoms with Gasteiger partial charge in [0.25, 0.3) is 0 Å². The Hall–Kier alpha value is -1.45. The largest absolute Gasteiger partial charge is 0.451 e. The Morgan fingerprint density at radius 3 is 2.50 bits per heavy atom. The van der Waals surface area contributed by atoms with Crippen molar-refractivity contribution in [2.45, 2.75) is 71.8 Å². The molecule has 9 atom stereocenters. The van der Waals surface area contributed by atoms with Crippen LogP contribution in [0.1, 0.15) is 66.2 Å². The minimum Gasteiger partial charge on any atom is -0.451 e. The summed E-state index contributed by atoms with van der Waals surface area (Å²) in [5.41, 5.74) is 0.211. The van der Waals surface area contributed by atoms with Crippen LogP contribution < -0.4 is 0 Å². The molecule has 5 aliphatic rings. The summed E-state index contributed by atoms with van der Waals surface area (Å²) in [6.07, 6.45) is 7.84. The van der Waals surface area contributed by atoms with Gasteiger partial charge in [0.15, 0.2) is 17.2 Å². The molecule has 0 radical (unpaired) electrons. The standard InChI is InChI=1S/C24H32O4/c1-12-9-17-15(22-16(12)11-21(27)18-10-19(18)22)5-7-23(4)20(17)6-8-24(23,13(2)25)28-14(3)26/h11-12,15,17-20,22H,5-10H2,1-4H3/t12-,15-,17+,18-,19+,20-,22+,23-,24-/m0/s1. The molecule has 0 aromatic heterocycles. The molecule has 0 aliphatic heterocycles. The summed E-state index contributed by atoms with van der Waals surface area (Å²) >= 11 is 0. The van der Waals surface area contributed by atoms with Gasteiger partial charge in [-0.15, -0.1) is 0 Å². The summed E-state index contributed by atoms with van der Waals surface area (Å²) < 4.78 is 5.84. The van der Waals surface area contributed by atoms with Crippen molar-refractivity contribution in [3.05, 3.63) is 11.6 Å². The molecule has 0 bridgehead atoms. The Morgan fingerprint density at radius 2 is 1.82 bits per heavy atom. The van der Waals surface area contributed by atoms with E-state index in [0.717, 1.165) is 32.1 Å². The molecular weight excluding hydrogens is 352 g/mol. The average molecular weight is 385 g/mol. The van der Waals surface area contributed by atoms with E-state index in [1.54, 1.807) is 6.92 Å². The van der Waals surface area contributed by atoms with Crippen LogP contribution in [0.4, 0.5) is 0 Å². The Morgan fingerprint density at radius 1 is 1.07 bits per heavy atom. The lowest BCUT2D eigenvalue weighted by atomic mass is 9.48. The molecule has 0 spiro atoms. The third-order valence-electron chi connectivity index (χ3n) is 9.52. The van der Waals surface area contributed by atoms with E-state index >= 15 is 0 Å². The Balaban J connectivity index is 1.51. The van der Waals surface area contributed by atoms with Crippen LogP contribution in [0.5, 0.6) is 0 Å². The molecule has 4 heteroatoms. The van der Waals surface area contributed by atoms with E-state index in [2.05, 4.69) is 13.8 Å². The number of carbonyl (C=O) groups excluding carboxylic acids is 3. The van der Waals surface area contributed by atoms with Gasteiger partial charge in [-0.1, -0.05) is 19.4 Å². The minimum absolute atomic E-state index is 0.0149. The lowest BCUT2D eigenvalue weighted by molar-refractivity contribution is -0.186. The van der Waals surface area contributed by atoms with E-state index in [4.69, 9.17) is 4.74 Å². The van der Waals surface area contributed by atoms with Gasteiger partial charge in [0.05, 0.1) is 0 Å². The van der Waals surface area contributed by atoms with Gasteiger partial charge in [-0.3, -0.25) is 14.4 Å². The number of hydrogen-bond donors (Lipinski definition) is 0. The molecule has 4 fully saturated rings. The first-order valence-electron chi connectivity index (χ1n) is 11.2. The maximum absolute atomic E-state index is 12.8. The third kappa shape index (κ3) is 2.21. The van der Waals surface area contributed by atoms with Gasteiger partial charge in [0.2, 0.25) is 0 Å². The van der Waals surface area contributed by atoms with E-state index in [1.807, 2.05) is 6.08 Å². The van der Waals surface area contributed by atoms with Crippen molar-refractivity contribution in [1.29, 1.82) is 0 Å². The summed E-state index contributed by atoms with van der Waals surface area (Å²) in [6.45, 7) is 7.54. The van der Waals surface area contributed by atoms with E-state index in [1.165, 1.54) is 12.5 Å². The molecule has 0 unspecified atom stereocenters. The van der Waals surface area contributed by atoms with Crippen molar-refractivity contribution >= 4 is 17.5 Å². The predicted octanol–water partition coefficient (Wildman–Crippen LogP) is 4.12. The van der Waals surface area contributed by atoms with E-state index in [9.17, 15) is 14.4 Å². The second kappa shape index (κ2) is 5.79. The zero-order valence-electron chi connectivity index (χ0n) is 17.5. The number of carbonyl (C=O) groups is 3. The van der Waals surface area contributed by atoms with Gasteiger partial charge in [-0.2, -0.15) is 0 Å². The van der Waals surface area contributed by atoms with Gasteiger partial charge in [0.1, 0.15) is 0 Å². The highest BCUT2D eigenvalue weighted by Crippen LogP contribution is 2.69. The van der Waals surface area contributed by atoms with Crippen molar-refractivity contribution in [3.8, 4) is 0 Å². The normalized spacial score (nSPS) is 51.2. The maximum Gasteiger partial charge on any atom is 0.303 e. The van der Waals surface area contributed by atoms with Crippen LogP contribution in [-0.4, -0.2) is 23.1 Å². The Bertz CT molecular complexity index is 796. The number of rotatable bonds is 2. The second-order valence-corrected chi connectivity index (χ2v) is 10.6. The molecule has 0 N–H and O–H groups in total. The van der Waals surface area contributed by atoms with Crippen molar-refractivity contribution in [2.24, 2.45) is 46.8 Å². The Kier molecular flexibility index (Phi) is 3.84. The number of Topliss-reactive ketones (excluding diaryl/α,β-unsaturated/α-hetero) is 1. The molecule has 5 aliphatic carbocycles. The van der Waals surface area contributed by atoms with Crippen LogP contribution in [-0.2, 0) is 19.1 Å². The second-order valence-electron chi connectivity index (χ2n) is 10.6. The van der Waals surface area contributed by atoms with Crippen molar-refractivity contribution in [2.75, 3.05) is 0 Å². The van der Waals surface area contributed by atoms with Crippen LogP contribution in [0.2, 0.25) is 0 Å². The van der Waals surface area contributed by atoms with Crippen molar-refractivity contribution in [3.63, 3.8) is 0 Å². The molecule has 0 heterocycles. The van der Waals surface area contributed by atoms with Crippen molar-refractivity contribution in [1.82, 2.24) is 0 Å². The van der Waals surface area contributed by atoms with Crippen LogP contribution in [0.3, 0.4) is 0 Å². The van der Waals surface area contributed by atoms with Gasteiger partial charge in [-0.25, -0.2) is 0 Å². The Labute approximate surface area is 167 Å². The summed E-state index contributed by atoms with van der Waals surface area (Å²) in [6, 6.07) is 0. The topological polar surface area (TPSA) is 60.4 Å². The fourth-order valence-electron chi connectivity index (χ4n) is 8.30. The summed E-state index contributed by atoms with van der Waals surface area (Å²) in [7, 11) is 0. The number of fused-ring (bicyclic) bond motifs is 7. The monoisotopic (exact) mass is 384 g/mol. The first kappa shape index (κ1) is 18.6. The highest BCUT2D eigenvalue weighted by molar-refractivity contribution is 5.96. The first-order valence-corrected chi connectivity index (χ1v) is 11.2. The number of allylic oxidation sites excluding steroid dienone is 1. The van der Waals surface area contributed by atoms with Crippen LogP contribution >= 0.6 is 0 Å². The van der Waals surface area contributed by atoms with Gasteiger partial charge in [0, 0.05) is 18.3 Å². The van der Waals surface area contributed by atoms with Crippen LogP contribution in [0.25, 0.3) is 0 Å². The third-order valence-corrected chi connectivity index (χ3v) is 9.52. The van der Waals surface area contributed by atoms with Crippen LogP contribution in [0.15, 0.2) is 11.6 Å².